The van der Waals surface area contributed by atoms with Crippen molar-refractivity contribution in [3.05, 3.63) is 143 Å². The Kier molecular flexibility index (Phi) is 6.75. The van der Waals surface area contributed by atoms with E-state index in [1.54, 1.807) is 18.2 Å². The Morgan fingerprint density at radius 2 is 1.12 bits per heavy atom. The van der Waals surface area contributed by atoms with E-state index in [2.05, 4.69) is 6.07 Å². The summed E-state index contributed by atoms with van der Waals surface area (Å²) in [6, 6.07) is 38.9. The molecule has 0 radical (unpaired) electrons. The summed E-state index contributed by atoms with van der Waals surface area (Å²) in [5, 5.41) is 9.44. The molecule has 4 aromatic rings. The van der Waals surface area contributed by atoms with E-state index in [1.165, 1.54) is 6.07 Å². The Morgan fingerprint density at radius 1 is 0.688 bits per heavy atom. The van der Waals surface area contributed by atoms with E-state index in [0.29, 0.717) is 5.56 Å². The van der Waals surface area contributed by atoms with E-state index < -0.39 is 11.5 Å². The lowest BCUT2D eigenvalue weighted by Gasteiger charge is -2.37. The van der Waals surface area contributed by atoms with Gasteiger partial charge in [0, 0.05) is 12.3 Å². The zero-order valence-electron chi connectivity index (χ0n) is 17.7. The predicted molar refractivity (Wildman–Crippen MR) is 125 cm³/mol. The van der Waals surface area contributed by atoms with Gasteiger partial charge in [-0.05, 0) is 28.3 Å². The van der Waals surface area contributed by atoms with Gasteiger partial charge in [0.05, 0.1) is 12.7 Å². The van der Waals surface area contributed by atoms with Gasteiger partial charge in [0.25, 0.3) is 0 Å². The standard InChI is InChI=1S/C29H24FNO/c30-28-19-11-10-18-27(28)23(20-21-31)22-32-29(24-12-4-1-5-13-24,25-14-6-2-7-15-25)26-16-8-3-9-17-26/h1-19,23H,20,22H2/t23-/m0/s1. The number of benzene rings is 4. The minimum Gasteiger partial charge on any atom is -0.360 e. The largest absolute Gasteiger partial charge is 0.360 e. The lowest BCUT2D eigenvalue weighted by molar-refractivity contribution is 0.00416. The Labute approximate surface area is 188 Å². The van der Waals surface area contributed by atoms with Crippen LogP contribution in [0.15, 0.2) is 115 Å². The monoisotopic (exact) mass is 421 g/mol. The Balaban J connectivity index is 1.84. The van der Waals surface area contributed by atoms with Crippen LogP contribution in [-0.4, -0.2) is 6.61 Å². The summed E-state index contributed by atoms with van der Waals surface area (Å²) in [4.78, 5) is 0. The van der Waals surface area contributed by atoms with Crippen molar-refractivity contribution < 1.29 is 9.13 Å². The number of hydrogen-bond donors (Lipinski definition) is 0. The maximum Gasteiger partial charge on any atom is 0.143 e. The molecule has 4 aromatic carbocycles. The highest BCUT2D eigenvalue weighted by atomic mass is 19.1. The van der Waals surface area contributed by atoms with E-state index in [4.69, 9.17) is 4.74 Å². The highest BCUT2D eigenvalue weighted by Gasteiger charge is 2.38. The molecule has 0 spiro atoms. The number of rotatable bonds is 8. The van der Waals surface area contributed by atoms with Crippen LogP contribution in [0.4, 0.5) is 4.39 Å². The fourth-order valence-electron chi connectivity index (χ4n) is 4.17. The van der Waals surface area contributed by atoms with Crippen LogP contribution in [0.25, 0.3) is 0 Å². The van der Waals surface area contributed by atoms with E-state index in [9.17, 15) is 9.65 Å². The molecule has 0 aliphatic rings. The molecular formula is C29H24FNO. The van der Waals surface area contributed by atoms with Crippen molar-refractivity contribution in [1.29, 1.82) is 5.26 Å². The van der Waals surface area contributed by atoms with E-state index in [1.807, 2.05) is 91.0 Å². The van der Waals surface area contributed by atoms with Gasteiger partial charge in [-0.15, -0.1) is 0 Å². The number of ether oxygens (including phenoxy) is 1. The molecule has 4 rings (SSSR count). The van der Waals surface area contributed by atoms with Crippen molar-refractivity contribution in [2.45, 2.75) is 17.9 Å². The van der Waals surface area contributed by atoms with E-state index >= 15 is 0 Å². The topological polar surface area (TPSA) is 33.0 Å². The first-order chi connectivity index (χ1) is 15.8. The van der Waals surface area contributed by atoms with Crippen LogP contribution in [0.1, 0.15) is 34.6 Å². The molecule has 0 saturated heterocycles. The van der Waals surface area contributed by atoms with Crippen LogP contribution >= 0.6 is 0 Å². The van der Waals surface area contributed by atoms with Crippen LogP contribution in [0.2, 0.25) is 0 Å². The summed E-state index contributed by atoms with van der Waals surface area (Å²) < 4.78 is 21.4. The third-order valence-electron chi connectivity index (χ3n) is 5.72. The van der Waals surface area contributed by atoms with Crippen molar-refractivity contribution in [2.75, 3.05) is 6.61 Å². The number of nitriles is 1. The Morgan fingerprint density at radius 3 is 1.56 bits per heavy atom. The van der Waals surface area contributed by atoms with Gasteiger partial charge < -0.3 is 4.74 Å². The van der Waals surface area contributed by atoms with Crippen molar-refractivity contribution in [3.8, 4) is 6.07 Å². The molecular weight excluding hydrogens is 397 g/mol. The summed E-state index contributed by atoms with van der Waals surface area (Å²) in [7, 11) is 0. The van der Waals surface area contributed by atoms with Crippen molar-refractivity contribution >= 4 is 0 Å². The second-order valence-corrected chi connectivity index (χ2v) is 7.67. The molecule has 0 unspecified atom stereocenters. The number of hydrogen-bond acceptors (Lipinski definition) is 2. The molecule has 2 nitrogen and oxygen atoms in total. The van der Waals surface area contributed by atoms with Crippen molar-refractivity contribution in [1.82, 2.24) is 0 Å². The average molecular weight is 422 g/mol. The third-order valence-corrected chi connectivity index (χ3v) is 5.72. The molecule has 0 fully saturated rings. The molecule has 0 bridgehead atoms. The van der Waals surface area contributed by atoms with Gasteiger partial charge in [0.15, 0.2) is 0 Å². The summed E-state index contributed by atoms with van der Waals surface area (Å²) in [6.07, 6.45) is 0.162. The van der Waals surface area contributed by atoms with Crippen LogP contribution in [0, 0.1) is 17.1 Å². The highest BCUT2D eigenvalue weighted by molar-refractivity contribution is 5.47. The molecule has 32 heavy (non-hydrogen) atoms. The van der Waals surface area contributed by atoms with Gasteiger partial charge in [-0.25, -0.2) is 4.39 Å². The predicted octanol–water partition coefficient (Wildman–Crippen LogP) is 6.83. The van der Waals surface area contributed by atoms with Crippen molar-refractivity contribution in [2.24, 2.45) is 0 Å². The molecule has 3 heteroatoms. The normalized spacial score (nSPS) is 12.1. The lowest BCUT2D eigenvalue weighted by Crippen LogP contribution is -2.34. The molecule has 158 valence electrons. The maximum absolute atomic E-state index is 14.6. The summed E-state index contributed by atoms with van der Waals surface area (Å²) >= 11 is 0. The first-order valence-electron chi connectivity index (χ1n) is 10.7. The summed E-state index contributed by atoms with van der Waals surface area (Å²) in [6.45, 7) is 0.188. The number of halogens is 1. The minimum absolute atomic E-state index is 0.162. The SMILES string of the molecule is N#CC[C@@H](COC(c1ccccc1)(c1ccccc1)c1ccccc1)c1ccccc1F. The second-order valence-electron chi connectivity index (χ2n) is 7.67. The smallest absolute Gasteiger partial charge is 0.143 e. The van der Waals surface area contributed by atoms with Crippen LogP contribution < -0.4 is 0 Å². The van der Waals surface area contributed by atoms with Gasteiger partial charge in [0.1, 0.15) is 11.4 Å². The molecule has 1 atom stereocenters. The molecule has 0 aromatic heterocycles. The summed E-state index contributed by atoms with van der Waals surface area (Å²) in [5.74, 6) is -0.710. The molecule has 0 heterocycles. The molecule has 0 saturated carbocycles. The first-order valence-corrected chi connectivity index (χ1v) is 10.7. The molecule has 0 aliphatic carbocycles. The zero-order chi connectivity index (χ0) is 22.2. The van der Waals surface area contributed by atoms with Crippen LogP contribution in [0.3, 0.4) is 0 Å². The quantitative estimate of drug-likeness (QED) is 0.292. The van der Waals surface area contributed by atoms with Crippen LogP contribution in [0.5, 0.6) is 0 Å². The van der Waals surface area contributed by atoms with Gasteiger partial charge >= 0.3 is 0 Å². The molecule has 0 amide bonds. The van der Waals surface area contributed by atoms with Gasteiger partial charge in [-0.3, -0.25) is 0 Å². The van der Waals surface area contributed by atoms with E-state index in [0.717, 1.165) is 16.7 Å². The third kappa shape index (κ3) is 4.32. The highest BCUT2D eigenvalue weighted by Crippen LogP contribution is 2.41. The Hall–Kier alpha value is -3.74. The fraction of sp³-hybridized carbons (Fsp3) is 0.138. The van der Waals surface area contributed by atoms with Crippen molar-refractivity contribution in [3.63, 3.8) is 0 Å². The molecule has 0 aliphatic heterocycles. The average Bonchev–Trinajstić information content (AvgIpc) is 2.86. The molecule has 0 N–H and O–H groups in total. The fourth-order valence-corrected chi connectivity index (χ4v) is 4.17. The zero-order valence-corrected chi connectivity index (χ0v) is 17.7. The van der Waals surface area contributed by atoms with E-state index in [-0.39, 0.29) is 18.8 Å². The van der Waals surface area contributed by atoms with Crippen LogP contribution in [-0.2, 0) is 10.3 Å². The first kappa shape index (κ1) is 21.5. The minimum atomic E-state index is -0.900. The van der Waals surface area contributed by atoms with Gasteiger partial charge in [-0.1, -0.05) is 109 Å². The lowest BCUT2D eigenvalue weighted by atomic mass is 9.80. The second kappa shape index (κ2) is 10.0. The van der Waals surface area contributed by atoms with Gasteiger partial charge in [-0.2, -0.15) is 5.26 Å². The summed E-state index contributed by atoms with van der Waals surface area (Å²) in [5.41, 5.74) is 2.52. The Bertz CT molecular complexity index is 1070. The number of nitrogens with zero attached hydrogens (tertiary/aromatic N) is 1. The maximum atomic E-state index is 14.6. The van der Waals surface area contributed by atoms with Gasteiger partial charge in [0.2, 0.25) is 0 Å².